The van der Waals surface area contributed by atoms with Crippen LogP contribution < -0.4 is 0 Å². The largest absolute Gasteiger partial charge is 0.491 e. The van der Waals surface area contributed by atoms with Gasteiger partial charge in [0, 0.05) is 5.56 Å². The summed E-state index contributed by atoms with van der Waals surface area (Å²) in [6.07, 6.45) is 3.39. The maximum absolute atomic E-state index is 9.40. The van der Waals surface area contributed by atoms with Gasteiger partial charge in [0.05, 0.1) is 6.10 Å². The SMILES string of the molecule is OC1CCC=C(c2ccccc2)OC1. The van der Waals surface area contributed by atoms with Gasteiger partial charge in [-0.15, -0.1) is 0 Å². The first kappa shape index (κ1) is 9.28. The first-order chi connectivity index (χ1) is 6.86. The number of hydrogen-bond acceptors (Lipinski definition) is 2. The van der Waals surface area contributed by atoms with Crippen molar-refractivity contribution >= 4 is 5.76 Å². The standard InChI is InChI=1S/C12H14O2/c13-11-7-4-8-12(14-9-11)10-5-2-1-3-6-10/h1-3,5-6,8,11,13H,4,7,9H2. The summed E-state index contributed by atoms with van der Waals surface area (Å²) in [7, 11) is 0. The van der Waals surface area contributed by atoms with Gasteiger partial charge in [0.1, 0.15) is 12.4 Å². The predicted octanol–water partition coefficient (Wildman–Crippen LogP) is 2.20. The van der Waals surface area contributed by atoms with Crippen molar-refractivity contribution in [3.05, 3.63) is 42.0 Å². The third-order valence-corrected chi connectivity index (χ3v) is 2.32. The second-order valence-electron chi connectivity index (χ2n) is 3.48. The van der Waals surface area contributed by atoms with Gasteiger partial charge in [-0.1, -0.05) is 30.3 Å². The lowest BCUT2D eigenvalue weighted by Gasteiger charge is -2.10. The van der Waals surface area contributed by atoms with Gasteiger partial charge in [0.2, 0.25) is 0 Å². The molecule has 1 aliphatic heterocycles. The Morgan fingerprint density at radius 1 is 1.21 bits per heavy atom. The second kappa shape index (κ2) is 4.29. The number of benzene rings is 1. The number of ether oxygens (including phenoxy) is 1. The van der Waals surface area contributed by atoms with Crippen molar-refractivity contribution in [2.45, 2.75) is 18.9 Å². The second-order valence-corrected chi connectivity index (χ2v) is 3.48. The molecule has 2 heteroatoms. The van der Waals surface area contributed by atoms with Gasteiger partial charge >= 0.3 is 0 Å². The molecule has 0 saturated heterocycles. The van der Waals surface area contributed by atoms with Crippen LogP contribution in [0.25, 0.3) is 5.76 Å². The third-order valence-electron chi connectivity index (χ3n) is 2.32. The van der Waals surface area contributed by atoms with E-state index in [0.29, 0.717) is 6.61 Å². The Hall–Kier alpha value is -1.28. The van der Waals surface area contributed by atoms with E-state index in [1.807, 2.05) is 36.4 Å². The molecule has 1 aliphatic rings. The quantitative estimate of drug-likeness (QED) is 0.735. The molecule has 14 heavy (non-hydrogen) atoms. The molecule has 2 nitrogen and oxygen atoms in total. The zero-order valence-corrected chi connectivity index (χ0v) is 8.02. The Kier molecular flexibility index (Phi) is 2.84. The third kappa shape index (κ3) is 2.15. The normalized spacial score (nSPS) is 22.1. The first-order valence-corrected chi connectivity index (χ1v) is 4.93. The van der Waals surface area contributed by atoms with Gasteiger partial charge in [0.25, 0.3) is 0 Å². The van der Waals surface area contributed by atoms with E-state index in [1.54, 1.807) is 0 Å². The summed E-state index contributed by atoms with van der Waals surface area (Å²) in [5.41, 5.74) is 1.08. The van der Waals surface area contributed by atoms with E-state index in [1.165, 1.54) is 0 Å². The molecule has 1 aromatic carbocycles. The minimum absolute atomic E-state index is 0.326. The highest BCUT2D eigenvalue weighted by molar-refractivity contribution is 5.59. The average molecular weight is 190 g/mol. The molecule has 1 aromatic rings. The lowest BCUT2D eigenvalue weighted by atomic mass is 10.1. The molecule has 1 atom stereocenters. The Labute approximate surface area is 83.8 Å². The maximum atomic E-state index is 9.40. The van der Waals surface area contributed by atoms with Gasteiger partial charge in [-0.25, -0.2) is 0 Å². The van der Waals surface area contributed by atoms with E-state index in [0.717, 1.165) is 24.2 Å². The molecule has 74 valence electrons. The molecule has 0 spiro atoms. The number of aliphatic hydroxyl groups is 1. The van der Waals surface area contributed by atoms with Gasteiger partial charge in [0.15, 0.2) is 0 Å². The van der Waals surface area contributed by atoms with E-state index >= 15 is 0 Å². The van der Waals surface area contributed by atoms with Crippen molar-refractivity contribution in [3.8, 4) is 0 Å². The Morgan fingerprint density at radius 3 is 2.79 bits per heavy atom. The van der Waals surface area contributed by atoms with Crippen molar-refractivity contribution in [1.82, 2.24) is 0 Å². The lowest BCUT2D eigenvalue weighted by molar-refractivity contribution is 0.0932. The summed E-state index contributed by atoms with van der Waals surface area (Å²) < 4.78 is 5.51. The van der Waals surface area contributed by atoms with Crippen molar-refractivity contribution in [3.63, 3.8) is 0 Å². The number of rotatable bonds is 1. The smallest absolute Gasteiger partial charge is 0.122 e. The van der Waals surface area contributed by atoms with E-state index in [4.69, 9.17) is 4.74 Å². The van der Waals surface area contributed by atoms with Crippen molar-refractivity contribution in [2.24, 2.45) is 0 Å². The first-order valence-electron chi connectivity index (χ1n) is 4.93. The van der Waals surface area contributed by atoms with Crippen LogP contribution in [-0.2, 0) is 4.74 Å². The van der Waals surface area contributed by atoms with E-state index < -0.39 is 0 Å². The van der Waals surface area contributed by atoms with Crippen LogP contribution in [0, 0.1) is 0 Å². The predicted molar refractivity (Wildman–Crippen MR) is 55.6 cm³/mol. The van der Waals surface area contributed by atoms with Crippen LogP contribution in [0.2, 0.25) is 0 Å². The zero-order chi connectivity index (χ0) is 9.80. The summed E-state index contributed by atoms with van der Waals surface area (Å²) in [5.74, 6) is 0.891. The molecule has 2 rings (SSSR count). The molecule has 1 N–H and O–H groups in total. The minimum atomic E-state index is -0.326. The molecule has 0 bridgehead atoms. The fourth-order valence-corrected chi connectivity index (χ4v) is 1.54. The summed E-state index contributed by atoms with van der Waals surface area (Å²) in [5, 5.41) is 9.40. The topological polar surface area (TPSA) is 29.5 Å². The van der Waals surface area contributed by atoms with Gasteiger partial charge in [-0.2, -0.15) is 0 Å². The van der Waals surface area contributed by atoms with E-state index in [-0.39, 0.29) is 6.10 Å². The van der Waals surface area contributed by atoms with Gasteiger partial charge in [-0.3, -0.25) is 0 Å². The van der Waals surface area contributed by atoms with Crippen LogP contribution in [0.1, 0.15) is 18.4 Å². The van der Waals surface area contributed by atoms with Gasteiger partial charge < -0.3 is 9.84 Å². The molecule has 0 fully saturated rings. The fourth-order valence-electron chi connectivity index (χ4n) is 1.54. The van der Waals surface area contributed by atoms with Crippen LogP contribution in [-0.4, -0.2) is 17.8 Å². The van der Waals surface area contributed by atoms with Crippen LogP contribution in [0.15, 0.2) is 36.4 Å². The molecular weight excluding hydrogens is 176 g/mol. The number of allylic oxidation sites excluding steroid dienone is 1. The van der Waals surface area contributed by atoms with Gasteiger partial charge in [-0.05, 0) is 18.9 Å². The molecule has 0 radical (unpaired) electrons. The summed E-state index contributed by atoms with van der Waals surface area (Å²) in [4.78, 5) is 0. The Balaban J connectivity index is 2.15. The highest BCUT2D eigenvalue weighted by atomic mass is 16.5. The Bertz CT molecular complexity index is 316. The Morgan fingerprint density at radius 2 is 2.00 bits per heavy atom. The van der Waals surface area contributed by atoms with E-state index in [2.05, 4.69) is 0 Å². The average Bonchev–Trinajstić information content (AvgIpc) is 2.44. The van der Waals surface area contributed by atoms with Crippen molar-refractivity contribution in [2.75, 3.05) is 6.61 Å². The summed E-state index contributed by atoms with van der Waals surface area (Å²) >= 11 is 0. The molecular formula is C12H14O2. The molecule has 1 heterocycles. The molecule has 0 aromatic heterocycles. The lowest BCUT2D eigenvalue weighted by Crippen LogP contribution is -2.11. The molecule has 1 unspecified atom stereocenters. The summed E-state index contributed by atoms with van der Waals surface area (Å²) in [6.45, 7) is 0.403. The molecule has 0 amide bonds. The van der Waals surface area contributed by atoms with Crippen LogP contribution in [0.3, 0.4) is 0 Å². The molecule has 0 saturated carbocycles. The molecule has 0 aliphatic carbocycles. The monoisotopic (exact) mass is 190 g/mol. The van der Waals surface area contributed by atoms with E-state index in [9.17, 15) is 5.11 Å². The van der Waals surface area contributed by atoms with Crippen LogP contribution in [0.4, 0.5) is 0 Å². The van der Waals surface area contributed by atoms with Crippen LogP contribution >= 0.6 is 0 Å². The highest BCUT2D eigenvalue weighted by Gasteiger charge is 2.11. The van der Waals surface area contributed by atoms with Crippen molar-refractivity contribution in [1.29, 1.82) is 0 Å². The van der Waals surface area contributed by atoms with Crippen LogP contribution in [0.5, 0.6) is 0 Å². The number of aliphatic hydroxyl groups excluding tert-OH is 1. The fraction of sp³-hybridized carbons (Fsp3) is 0.333. The summed E-state index contributed by atoms with van der Waals surface area (Å²) in [6, 6.07) is 9.99. The zero-order valence-electron chi connectivity index (χ0n) is 8.02. The minimum Gasteiger partial charge on any atom is -0.491 e. The van der Waals surface area contributed by atoms with Crippen molar-refractivity contribution < 1.29 is 9.84 Å². The number of hydrogen-bond donors (Lipinski definition) is 1. The highest BCUT2D eigenvalue weighted by Crippen LogP contribution is 2.20. The maximum Gasteiger partial charge on any atom is 0.122 e.